The summed E-state index contributed by atoms with van der Waals surface area (Å²) in [5.41, 5.74) is 1.98. The van der Waals surface area contributed by atoms with E-state index in [0.29, 0.717) is 49.9 Å². The first kappa shape index (κ1) is 19.5. The fourth-order valence-electron chi connectivity index (χ4n) is 2.97. The average molecular weight is 472 g/mol. The Morgan fingerprint density at radius 1 is 1.07 bits per heavy atom. The summed E-state index contributed by atoms with van der Waals surface area (Å²) >= 11 is 9.75. The van der Waals surface area contributed by atoms with Gasteiger partial charge in [0.15, 0.2) is 11.5 Å². The van der Waals surface area contributed by atoms with Crippen LogP contribution in [0.5, 0.6) is 11.5 Å². The lowest BCUT2D eigenvalue weighted by Crippen LogP contribution is -2.09. The van der Waals surface area contributed by atoms with E-state index in [9.17, 15) is 4.79 Å². The van der Waals surface area contributed by atoms with Crippen LogP contribution in [0.4, 0.5) is 0 Å². The van der Waals surface area contributed by atoms with Gasteiger partial charge in [0.1, 0.15) is 12.4 Å². The highest BCUT2D eigenvalue weighted by atomic mass is 79.9. The molecular weight excluding hydrogens is 456 g/mol. The zero-order valence-electron chi connectivity index (χ0n) is 15.4. The highest BCUT2D eigenvalue weighted by molar-refractivity contribution is 9.10. The normalized spacial score (nSPS) is 10.9. The van der Waals surface area contributed by atoms with E-state index in [-0.39, 0.29) is 5.56 Å². The first-order chi connectivity index (χ1) is 14.1. The van der Waals surface area contributed by atoms with Gasteiger partial charge in [-0.3, -0.25) is 4.79 Å². The van der Waals surface area contributed by atoms with Gasteiger partial charge in [0, 0.05) is 20.6 Å². The maximum Gasteiger partial charge on any atom is 0.259 e. The van der Waals surface area contributed by atoms with E-state index >= 15 is 0 Å². The van der Waals surface area contributed by atoms with Gasteiger partial charge >= 0.3 is 0 Å². The van der Waals surface area contributed by atoms with Gasteiger partial charge < -0.3 is 14.5 Å². The largest absolute Gasteiger partial charge is 0.493 e. The van der Waals surface area contributed by atoms with E-state index in [1.807, 2.05) is 36.4 Å². The Morgan fingerprint density at radius 3 is 2.62 bits per heavy atom. The van der Waals surface area contributed by atoms with Crippen molar-refractivity contribution in [2.75, 3.05) is 7.11 Å². The van der Waals surface area contributed by atoms with Crippen LogP contribution in [0.3, 0.4) is 0 Å². The monoisotopic (exact) mass is 470 g/mol. The molecule has 0 bridgehead atoms. The molecule has 0 saturated carbocycles. The van der Waals surface area contributed by atoms with Crippen LogP contribution in [-0.2, 0) is 6.61 Å². The second kappa shape index (κ2) is 8.27. The summed E-state index contributed by atoms with van der Waals surface area (Å²) < 4.78 is 12.1. The highest BCUT2D eigenvalue weighted by Crippen LogP contribution is 2.38. The van der Waals surface area contributed by atoms with Gasteiger partial charge in [-0.05, 0) is 46.3 Å². The standard InChI is InChI=1S/C22H16BrClN2O3/c1-28-19-10-15(21-25-18-9-5-3-7-14(18)22(27)26-21)16(23)11-20(19)29-12-13-6-2-4-8-17(13)24/h2-11H,12H2,1H3,(H,25,26,27). The zero-order chi connectivity index (χ0) is 20.4. The number of H-pyrrole nitrogens is 1. The summed E-state index contributed by atoms with van der Waals surface area (Å²) in [6, 6.07) is 18.3. The molecule has 1 N–H and O–H groups in total. The molecule has 0 saturated heterocycles. The predicted octanol–water partition coefficient (Wildman–Crippen LogP) is 5.59. The van der Waals surface area contributed by atoms with Crippen molar-refractivity contribution < 1.29 is 9.47 Å². The SMILES string of the molecule is COc1cc(-c2nc3ccccc3c(=O)[nH]2)c(Br)cc1OCc1ccccc1Cl. The van der Waals surface area contributed by atoms with Gasteiger partial charge in [-0.1, -0.05) is 41.9 Å². The van der Waals surface area contributed by atoms with Crippen LogP contribution in [-0.4, -0.2) is 17.1 Å². The summed E-state index contributed by atoms with van der Waals surface area (Å²) in [5, 5.41) is 1.18. The number of rotatable bonds is 5. The maximum atomic E-state index is 12.4. The molecule has 5 nitrogen and oxygen atoms in total. The number of nitrogens with zero attached hydrogens (tertiary/aromatic N) is 1. The number of hydrogen-bond donors (Lipinski definition) is 1. The smallest absolute Gasteiger partial charge is 0.259 e. The second-order valence-corrected chi connectivity index (χ2v) is 7.56. The van der Waals surface area contributed by atoms with Crippen molar-refractivity contribution in [1.82, 2.24) is 9.97 Å². The molecule has 4 rings (SSSR count). The van der Waals surface area contributed by atoms with Gasteiger partial charge in [0.2, 0.25) is 0 Å². The summed E-state index contributed by atoms with van der Waals surface area (Å²) in [7, 11) is 1.56. The number of aromatic amines is 1. The van der Waals surface area contributed by atoms with Crippen molar-refractivity contribution in [3.05, 3.63) is 86.1 Å². The molecule has 29 heavy (non-hydrogen) atoms. The Kier molecular flexibility index (Phi) is 5.56. The number of fused-ring (bicyclic) bond motifs is 1. The summed E-state index contributed by atoms with van der Waals surface area (Å²) in [6.45, 7) is 0.298. The minimum Gasteiger partial charge on any atom is -0.493 e. The van der Waals surface area contributed by atoms with Gasteiger partial charge in [-0.2, -0.15) is 0 Å². The summed E-state index contributed by atoms with van der Waals surface area (Å²) in [5.74, 6) is 1.51. The fourth-order valence-corrected chi connectivity index (χ4v) is 3.67. The number of halogens is 2. The van der Waals surface area contributed by atoms with Crippen molar-refractivity contribution in [3.8, 4) is 22.9 Å². The number of benzene rings is 3. The lowest BCUT2D eigenvalue weighted by Gasteiger charge is -2.14. The number of nitrogens with one attached hydrogen (secondary N) is 1. The number of para-hydroxylation sites is 1. The van der Waals surface area contributed by atoms with Gasteiger partial charge in [0.05, 0.1) is 18.0 Å². The van der Waals surface area contributed by atoms with E-state index in [1.54, 1.807) is 31.4 Å². The first-order valence-corrected chi connectivity index (χ1v) is 9.97. The third kappa shape index (κ3) is 3.99. The highest BCUT2D eigenvalue weighted by Gasteiger charge is 2.15. The Morgan fingerprint density at radius 2 is 1.83 bits per heavy atom. The third-order valence-corrected chi connectivity index (χ3v) is 5.49. The van der Waals surface area contributed by atoms with E-state index in [2.05, 4.69) is 25.9 Å². The molecule has 0 aliphatic rings. The van der Waals surface area contributed by atoms with E-state index in [0.717, 1.165) is 5.56 Å². The van der Waals surface area contributed by atoms with Gasteiger partial charge in [-0.15, -0.1) is 0 Å². The Labute approximate surface area is 180 Å². The van der Waals surface area contributed by atoms with Crippen molar-refractivity contribution in [2.45, 2.75) is 6.61 Å². The first-order valence-electron chi connectivity index (χ1n) is 8.80. The molecule has 1 heterocycles. The number of methoxy groups -OCH3 is 1. The van der Waals surface area contributed by atoms with Crippen molar-refractivity contribution in [1.29, 1.82) is 0 Å². The molecule has 7 heteroatoms. The minimum absolute atomic E-state index is 0.199. The molecule has 4 aromatic rings. The molecule has 0 spiro atoms. The van der Waals surface area contributed by atoms with Crippen LogP contribution in [0.25, 0.3) is 22.3 Å². The molecule has 0 aliphatic carbocycles. The van der Waals surface area contributed by atoms with Crippen molar-refractivity contribution in [3.63, 3.8) is 0 Å². The predicted molar refractivity (Wildman–Crippen MR) is 118 cm³/mol. The van der Waals surface area contributed by atoms with Gasteiger partial charge in [0.25, 0.3) is 5.56 Å². The third-order valence-electron chi connectivity index (χ3n) is 4.46. The maximum absolute atomic E-state index is 12.4. The molecule has 0 atom stereocenters. The molecule has 1 aromatic heterocycles. The Bertz CT molecular complexity index is 1260. The van der Waals surface area contributed by atoms with E-state index in [1.165, 1.54) is 0 Å². The van der Waals surface area contributed by atoms with Crippen molar-refractivity contribution in [2.24, 2.45) is 0 Å². The molecule has 0 fully saturated rings. The lowest BCUT2D eigenvalue weighted by molar-refractivity contribution is 0.284. The molecule has 0 aliphatic heterocycles. The van der Waals surface area contributed by atoms with Gasteiger partial charge in [-0.25, -0.2) is 4.98 Å². The summed E-state index contributed by atoms with van der Waals surface area (Å²) in [6.07, 6.45) is 0. The molecule has 0 unspecified atom stereocenters. The van der Waals surface area contributed by atoms with E-state index in [4.69, 9.17) is 21.1 Å². The van der Waals surface area contributed by atoms with Crippen LogP contribution in [0.1, 0.15) is 5.56 Å². The van der Waals surface area contributed by atoms with Crippen LogP contribution in [0, 0.1) is 0 Å². The number of ether oxygens (including phenoxy) is 2. The van der Waals surface area contributed by atoms with Crippen LogP contribution < -0.4 is 15.0 Å². The lowest BCUT2D eigenvalue weighted by atomic mass is 10.1. The Hall–Kier alpha value is -2.83. The fraction of sp³-hybridized carbons (Fsp3) is 0.0909. The average Bonchev–Trinajstić information content (AvgIpc) is 2.73. The number of hydrogen-bond acceptors (Lipinski definition) is 4. The Balaban J connectivity index is 1.71. The molecule has 0 radical (unpaired) electrons. The molecule has 0 amide bonds. The van der Waals surface area contributed by atoms with E-state index < -0.39 is 0 Å². The van der Waals surface area contributed by atoms with Crippen molar-refractivity contribution >= 4 is 38.4 Å². The van der Waals surface area contributed by atoms with Crippen LogP contribution >= 0.6 is 27.5 Å². The minimum atomic E-state index is -0.199. The number of aromatic nitrogens is 2. The second-order valence-electron chi connectivity index (χ2n) is 6.29. The van der Waals surface area contributed by atoms with Crippen LogP contribution in [0.15, 0.2) is 69.9 Å². The molecule has 3 aromatic carbocycles. The molecule has 146 valence electrons. The topological polar surface area (TPSA) is 64.2 Å². The zero-order valence-corrected chi connectivity index (χ0v) is 17.8. The molecular formula is C22H16BrClN2O3. The quantitative estimate of drug-likeness (QED) is 0.412. The summed E-state index contributed by atoms with van der Waals surface area (Å²) in [4.78, 5) is 19.8. The van der Waals surface area contributed by atoms with Crippen LogP contribution in [0.2, 0.25) is 5.02 Å².